The molecule has 4 rings (SSSR count). The molecule has 0 aromatic heterocycles. The summed E-state index contributed by atoms with van der Waals surface area (Å²) in [5.41, 5.74) is 8.37. The summed E-state index contributed by atoms with van der Waals surface area (Å²) in [7, 11) is 0. The molecule has 0 aliphatic heterocycles. The van der Waals surface area contributed by atoms with Gasteiger partial charge in [0, 0.05) is 5.92 Å². The smallest absolute Gasteiger partial charge is 0.0131 e. The zero-order valence-corrected chi connectivity index (χ0v) is 14.2. The number of rotatable bonds is 3. The molecule has 3 aromatic carbocycles. The van der Waals surface area contributed by atoms with Crippen LogP contribution in [0.4, 0.5) is 0 Å². The van der Waals surface area contributed by atoms with Crippen LogP contribution in [0, 0.1) is 5.92 Å². The molecule has 0 saturated heterocycles. The van der Waals surface area contributed by atoms with Gasteiger partial charge in [0.05, 0.1) is 0 Å². The van der Waals surface area contributed by atoms with Crippen LogP contribution < -0.4 is 0 Å². The molecule has 0 fully saturated rings. The molecule has 0 N–H and O–H groups in total. The third-order valence-corrected chi connectivity index (χ3v) is 4.96. The first-order valence-corrected chi connectivity index (χ1v) is 8.71. The molecule has 0 radical (unpaired) electrons. The van der Waals surface area contributed by atoms with Crippen molar-refractivity contribution in [3.05, 3.63) is 107 Å². The first-order valence-electron chi connectivity index (χ1n) is 8.71. The molecule has 0 bridgehead atoms. The minimum Gasteiger partial charge on any atom is -0.0622 e. The molecule has 1 aliphatic rings. The van der Waals surface area contributed by atoms with E-state index in [9.17, 15) is 0 Å². The third kappa shape index (κ3) is 2.39. The molecule has 0 saturated carbocycles. The Labute approximate surface area is 144 Å². The van der Waals surface area contributed by atoms with Gasteiger partial charge in [0.25, 0.3) is 0 Å². The summed E-state index contributed by atoms with van der Waals surface area (Å²) in [5, 5.41) is 0. The van der Waals surface area contributed by atoms with Crippen molar-refractivity contribution in [1.82, 2.24) is 0 Å². The lowest BCUT2D eigenvalue weighted by atomic mass is 9.82. The quantitative estimate of drug-likeness (QED) is 0.525. The predicted octanol–water partition coefficient (Wildman–Crippen LogP) is 6.40. The van der Waals surface area contributed by atoms with Crippen LogP contribution in [0.1, 0.15) is 42.0 Å². The molecule has 24 heavy (non-hydrogen) atoms. The van der Waals surface area contributed by atoms with Gasteiger partial charge in [-0.15, -0.1) is 0 Å². The van der Waals surface area contributed by atoms with Gasteiger partial charge in [-0.25, -0.2) is 0 Å². The van der Waals surface area contributed by atoms with Crippen molar-refractivity contribution >= 4 is 11.1 Å². The molecule has 0 spiro atoms. The van der Waals surface area contributed by atoms with E-state index in [1.165, 1.54) is 33.4 Å². The Bertz CT molecular complexity index is 870. The molecule has 0 amide bonds. The maximum Gasteiger partial charge on any atom is 0.0131 e. The van der Waals surface area contributed by atoms with Crippen LogP contribution in [0.15, 0.2) is 84.9 Å². The lowest BCUT2D eigenvalue weighted by Crippen LogP contribution is -2.06. The van der Waals surface area contributed by atoms with Gasteiger partial charge >= 0.3 is 0 Å². The van der Waals surface area contributed by atoms with Gasteiger partial charge in [-0.1, -0.05) is 98.8 Å². The van der Waals surface area contributed by atoms with E-state index in [4.69, 9.17) is 0 Å². The highest BCUT2D eigenvalue weighted by atomic mass is 14.4. The van der Waals surface area contributed by atoms with Crippen molar-refractivity contribution in [2.45, 2.75) is 19.8 Å². The number of allylic oxidation sites excluding steroid dienone is 1. The third-order valence-electron chi connectivity index (χ3n) is 4.96. The molecular formula is C24H22. The molecule has 0 heterocycles. The average Bonchev–Trinajstić information content (AvgIpc) is 2.98. The van der Waals surface area contributed by atoms with Gasteiger partial charge in [-0.2, -0.15) is 0 Å². The summed E-state index contributed by atoms with van der Waals surface area (Å²) in [6, 6.07) is 30.6. The fourth-order valence-corrected chi connectivity index (χ4v) is 4.00. The Morgan fingerprint density at radius 3 is 1.79 bits per heavy atom. The van der Waals surface area contributed by atoms with Crippen molar-refractivity contribution in [2.24, 2.45) is 5.92 Å². The van der Waals surface area contributed by atoms with Crippen molar-refractivity contribution in [2.75, 3.05) is 0 Å². The van der Waals surface area contributed by atoms with Gasteiger partial charge in [0.15, 0.2) is 0 Å². The zero-order chi connectivity index (χ0) is 16.5. The highest BCUT2D eigenvalue weighted by Crippen LogP contribution is 2.52. The first kappa shape index (κ1) is 15.0. The molecule has 1 aliphatic carbocycles. The lowest BCUT2D eigenvalue weighted by molar-refractivity contribution is 0.595. The fraction of sp³-hybridized carbons (Fsp3) is 0.167. The van der Waals surface area contributed by atoms with E-state index in [-0.39, 0.29) is 0 Å². The molecule has 1 unspecified atom stereocenters. The van der Waals surface area contributed by atoms with E-state index in [0.29, 0.717) is 11.8 Å². The van der Waals surface area contributed by atoms with Crippen molar-refractivity contribution < 1.29 is 0 Å². The topological polar surface area (TPSA) is 0 Å². The number of fused-ring (bicyclic) bond motifs is 1. The minimum atomic E-state index is 0.443. The van der Waals surface area contributed by atoms with Gasteiger partial charge in [0.1, 0.15) is 0 Å². The lowest BCUT2D eigenvalue weighted by Gasteiger charge is -2.21. The largest absolute Gasteiger partial charge is 0.0622 e. The molecule has 0 heteroatoms. The van der Waals surface area contributed by atoms with Gasteiger partial charge < -0.3 is 0 Å². The summed E-state index contributed by atoms with van der Waals surface area (Å²) in [6.45, 7) is 4.66. The van der Waals surface area contributed by atoms with E-state index >= 15 is 0 Å². The molecule has 3 aromatic rings. The summed E-state index contributed by atoms with van der Waals surface area (Å²) >= 11 is 0. The summed E-state index contributed by atoms with van der Waals surface area (Å²) < 4.78 is 0. The molecule has 118 valence electrons. The number of hydrogen-bond donors (Lipinski definition) is 0. The van der Waals surface area contributed by atoms with Gasteiger partial charge in [-0.05, 0) is 39.3 Å². The zero-order valence-electron chi connectivity index (χ0n) is 14.2. The van der Waals surface area contributed by atoms with Crippen LogP contribution in [-0.2, 0) is 0 Å². The Hall–Kier alpha value is -2.60. The van der Waals surface area contributed by atoms with Crippen LogP contribution in [0.3, 0.4) is 0 Å². The van der Waals surface area contributed by atoms with Gasteiger partial charge in [-0.3, -0.25) is 0 Å². The van der Waals surface area contributed by atoms with E-state index in [1.54, 1.807) is 0 Å². The number of hydrogen-bond acceptors (Lipinski definition) is 0. The predicted molar refractivity (Wildman–Crippen MR) is 103 cm³/mol. The maximum atomic E-state index is 2.33. The van der Waals surface area contributed by atoms with Crippen molar-refractivity contribution in [3.8, 4) is 0 Å². The Balaban J connectivity index is 2.05. The van der Waals surface area contributed by atoms with E-state index in [0.717, 1.165) is 0 Å². The van der Waals surface area contributed by atoms with Gasteiger partial charge in [0.2, 0.25) is 0 Å². The number of benzene rings is 3. The minimum absolute atomic E-state index is 0.443. The average molecular weight is 310 g/mol. The Morgan fingerprint density at radius 1 is 0.625 bits per heavy atom. The van der Waals surface area contributed by atoms with E-state index in [2.05, 4.69) is 98.8 Å². The molecule has 0 nitrogen and oxygen atoms in total. The van der Waals surface area contributed by atoms with Crippen LogP contribution >= 0.6 is 0 Å². The summed E-state index contributed by atoms with van der Waals surface area (Å²) in [4.78, 5) is 0. The highest BCUT2D eigenvalue weighted by Gasteiger charge is 2.34. The second-order valence-electron chi connectivity index (χ2n) is 6.83. The van der Waals surface area contributed by atoms with E-state index in [1.807, 2.05) is 0 Å². The maximum absolute atomic E-state index is 2.33. The monoisotopic (exact) mass is 310 g/mol. The second-order valence-corrected chi connectivity index (χ2v) is 6.83. The normalized spacial score (nSPS) is 16.5. The second kappa shape index (κ2) is 6.13. The Morgan fingerprint density at radius 2 is 1.17 bits per heavy atom. The first-order chi connectivity index (χ1) is 11.8. The van der Waals surface area contributed by atoms with Crippen LogP contribution in [-0.4, -0.2) is 0 Å². The molecule has 1 atom stereocenters. The molecular weight excluding hydrogens is 288 g/mol. The SMILES string of the molecule is CC(C)C1C(c2ccccc2)=C(c2ccccc2)c2ccccc21. The summed E-state index contributed by atoms with van der Waals surface area (Å²) in [5.74, 6) is 1.00. The van der Waals surface area contributed by atoms with Crippen molar-refractivity contribution in [1.29, 1.82) is 0 Å². The Kier molecular flexibility index (Phi) is 3.82. The fourth-order valence-electron chi connectivity index (χ4n) is 4.00. The van der Waals surface area contributed by atoms with Crippen LogP contribution in [0.5, 0.6) is 0 Å². The van der Waals surface area contributed by atoms with E-state index < -0.39 is 0 Å². The standard InChI is InChI=1S/C24H22/c1-17(2)22-20-15-9-10-16-21(20)23(18-11-5-3-6-12-18)24(22)19-13-7-4-8-14-19/h3-17,22H,1-2H3. The van der Waals surface area contributed by atoms with Crippen LogP contribution in [0.2, 0.25) is 0 Å². The summed E-state index contributed by atoms with van der Waals surface area (Å²) in [6.07, 6.45) is 0. The van der Waals surface area contributed by atoms with Crippen LogP contribution in [0.25, 0.3) is 11.1 Å². The highest BCUT2D eigenvalue weighted by molar-refractivity contribution is 6.05. The van der Waals surface area contributed by atoms with Crippen molar-refractivity contribution in [3.63, 3.8) is 0 Å².